The molecule has 0 spiro atoms. The van der Waals surface area contributed by atoms with Gasteiger partial charge in [0.1, 0.15) is 6.54 Å². The third-order valence-corrected chi connectivity index (χ3v) is 5.67. The second-order valence-corrected chi connectivity index (χ2v) is 9.33. The summed E-state index contributed by atoms with van der Waals surface area (Å²) >= 11 is 0. The summed E-state index contributed by atoms with van der Waals surface area (Å²) in [6.45, 7) is 7.73. The van der Waals surface area contributed by atoms with E-state index >= 15 is 0 Å². The number of amides is 3. The average molecular weight is 492 g/mol. The van der Waals surface area contributed by atoms with Crippen molar-refractivity contribution in [3.63, 3.8) is 0 Å². The van der Waals surface area contributed by atoms with Crippen molar-refractivity contribution >= 4 is 29.3 Å². The molecule has 3 rings (SSSR count). The number of aliphatic carboxylic acids is 1. The number of hydrogen-bond acceptors (Lipinski definition) is 4. The highest BCUT2D eigenvalue weighted by Gasteiger charge is 2.19. The Morgan fingerprint density at radius 2 is 1.69 bits per heavy atom. The normalized spacial score (nSPS) is 11.7. The van der Waals surface area contributed by atoms with Crippen molar-refractivity contribution in [1.29, 1.82) is 0 Å². The molecule has 0 aliphatic heterocycles. The quantitative estimate of drug-likeness (QED) is 0.328. The van der Waals surface area contributed by atoms with Crippen LogP contribution in [0.15, 0.2) is 55.0 Å². The Morgan fingerprint density at radius 1 is 1.00 bits per heavy atom. The Hall–Kier alpha value is -4.14. The second-order valence-electron chi connectivity index (χ2n) is 9.33. The Labute approximate surface area is 210 Å². The molecule has 3 amide bonds. The van der Waals surface area contributed by atoms with Crippen LogP contribution in [0, 0.1) is 19.8 Å². The van der Waals surface area contributed by atoms with E-state index in [-0.39, 0.29) is 30.9 Å². The van der Waals surface area contributed by atoms with Crippen molar-refractivity contribution in [1.82, 2.24) is 14.9 Å². The van der Waals surface area contributed by atoms with Gasteiger partial charge in [0.2, 0.25) is 5.91 Å². The molecule has 0 saturated heterocycles. The maximum Gasteiger partial charge on any atom is 0.323 e. The van der Waals surface area contributed by atoms with E-state index < -0.39 is 5.97 Å². The highest BCUT2D eigenvalue weighted by Crippen LogP contribution is 2.22. The van der Waals surface area contributed by atoms with Gasteiger partial charge in [-0.3, -0.25) is 9.59 Å². The molecule has 4 N–H and O–H groups in total. The molecule has 3 aromatic rings. The number of imidazole rings is 1. The molecule has 1 aromatic heterocycles. The van der Waals surface area contributed by atoms with Crippen LogP contribution in [-0.4, -0.2) is 32.6 Å². The van der Waals surface area contributed by atoms with Crippen molar-refractivity contribution in [3.05, 3.63) is 77.4 Å². The van der Waals surface area contributed by atoms with Crippen LogP contribution in [-0.2, 0) is 22.6 Å². The number of hydrogen-bond donors (Lipinski definition) is 4. The fraction of sp³-hybridized carbons (Fsp3) is 0.333. The van der Waals surface area contributed by atoms with Gasteiger partial charge in [0.05, 0.1) is 24.5 Å². The molecule has 1 atom stereocenters. The molecule has 36 heavy (non-hydrogen) atoms. The summed E-state index contributed by atoms with van der Waals surface area (Å²) in [5.41, 5.74) is 4.65. The number of carboxylic acids is 1. The highest BCUT2D eigenvalue weighted by atomic mass is 16.4. The van der Waals surface area contributed by atoms with E-state index in [4.69, 9.17) is 5.11 Å². The van der Waals surface area contributed by atoms with Crippen LogP contribution >= 0.6 is 0 Å². The number of nitrogens with one attached hydrogen (secondary N) is 3. The Morgan fingerprint density at radius 3 is 2.33 bits per heavy atom. The third kappa shape index (κ3) is 7.69. The average Bonchev–Trinajstić information content (AvgIpc) is 3.24. The standard InChI is InChI=1S/C27H33N5O4/c1-17(2)11-23(24-14-32(16-28-24)15-26(34)35)29-25(33)13-20-9-10-22(19(4)12-20)31-27(36)30-21-8-6-5-7-18(21)3/h5-10,12,14,16-17,23H,11,13,15H2,1-4H3,(H,29,33)(H,34,35)(H2,30,31,36). The van der Waals surface area contributed by atoms with Crippen molar-refractivity contribution < 1.29 is 19.5 Å². The number of rotatable bonds is 10. The van der Waals surface area contributed by atoms with E-state index in [0.717, 1.165) is 22.4 Å². The van der Waals surface area contributed by atoms with Gasteiger partial charge in [0, 0.05) is 17.6 Å². The number of aryl methyl sites for hydroxylation is 2. The molecule has 0 radical (unpaired) electrons. The lowest BCUT2D eigenvalue weighted by atomic mass is 10.0. The van der Waals surface area contributed by atoms with Gasteiger partial charge in [0.25, 0.3) is 0 Å². The molecular formula is C27H33N5O4. The first-order valence-corrected chi connectivity index (χ1v) is 11.9. The Kier molecular flexibility index (Phi) is 8.83. The minimum Gasteiger partial charge on any atom is -0.480 e. The molecule has 9 nitrogen and oxygen atoms in total. The smallest absolute Gasteiger partial charge is 0.323 e. The number of carbonyl (C=O) groups is 3. The van der Waals surface area contributed by atoms with Gasteiger partial charge in [-0.1, -0.05) is 44.2 Å². The molecule has 0 fully saturated rings. The van der Waals surface area contributed by atoms with Crippen molar-refractivity contribution in [3.8, 4) is 0 Å². The summed E-state index contributed by atoms with van der Waals surface area (Å²) in [4.78, 5) is 40.6. The van der Waals surface area contributed by atoms with Crippen molar-refractivity contribution in [2.24, 2.45) is 5.92 Å². The Bertz CT molecular complexity index is 1230. The van der Waals surface area contributed by atoms with Gasteiger partial charge in [0.15, 0.2) is 0 Å². The molecule has 190 valence electrons. The van der Waals surface area contributed by atoms with E-state index in [1.54, 1.807) is 12.3 Å². The zero-order valence-electron chi connectivity index (χ0n) is 21.0. The van der Waals surface area contributed by atoms with Crippen LogP contribution in [0.25, 0.3) is 0 Å². The zero-order chi connectivity index (χ0) is 26.2. The second kappa shape index (κ2) is 12.0. The maximum absolute atomic E-state index is 12.9. The molecule has 9 heteroatoms. The van der Waals surface area contributed by atoms with Gasteiger partial charge in [-0.25, -0.2) is 9.78 Å². The van der Waals surface area contributed by atoms with E-state index in [1.807, 2.05) is 50.2 Å². The lowest BCUT2D eigenvalue weighted by Gasteiger charge is -2.19. The van der Waals surface area contributed by atoms with Gasteiger partial charge in [-0.05, 0) is 55.0 Å². The van der Waals surface area contributed by atoms with Crippen LogP contribution < -0.4 is 16.0 Å². The number of aromatic nitrogens is 2. The number of carbonyl (C=O) groups excluding carboxylic acids is 2. The van der Waals surface area contributed by atoms with Crippen LogP contribution in [0.2, 0.25) is 0 Å². The summed E-state index contributed by atoms with van der Waals surface area (Å²) in [5.74, 6) is -0.812. The topological polar surface area (TPSA) is 125 Å². The first-order valence-electron chi connectivity index (χ1n) is 11.9. The van der Waals surface area contributed by atoms with Gasteiger partial charge in [-0.15, -0.1) is 0 Å². The third-order valence-electron chi connectivity index (χ3n) is 5.67. The first kappa shape index (κ1) is 26.5. The summed E-state index contributed by atoms with van der Waals surface area (Å²) in [6, 6.07) is 12.4. The molecule has 0 aliphatic rings. The van der Waals surface area contributed by atoms with Gasteiger partial charge >= 0.3 is 12.0 Å². The fourth-order valence-corrected chi connectivity index (χ4v) is 3.92. The predicted octanol–water partition coefficient (Wildman–Crippen LogP) is 4.67. The monoisotopic (exact) mass is 491 g/mol. The van der Waals surface area contributed by atoms with Crippen molar-refractivity contribution in [2.75, 3.05) is 10.6 Å². The zero-order valence-corrected chi connectivity index (χ0v) is 21.0. The predicted molar refractivity (Wildman–Crippen MR) is 139 cm³/mol. The summed E-state index contributed by atoms with van der Waals surface area (Å²) in [6.07, 6.45) is 3.97. The number of benzene rings is 2. The number of nitrogens with zero attached hydrogens (tertiary/aromatic N) is 2. The van der Waals surface area contributed by atoms with Crippen LogP contribution in [0.4, 0.5) is 16.2 Å². The van der Waals surface area contributed by atoms with Crippen LogP contribution in [0.1, 0.15) is 48.7 Å². The molecule has 0 aliphatic carbocycles. The molecule has 1 heterocycles. The van der Waals surface area contributed by atoms with E-state index in [2.05, 4.69) is 34.8 Å². The van der Waals surface area contributed by atoms with Gasteiger partial charge < -0.3 is 25.6 Å². The number of carboxylic acid groups (broad SMARTS) is 1. The minimum atomic E-state index is -0.954. The lowest BCUT2D eigenvalue weighted by Crippen LogP contribution is -2.31. The van der Waals surface area contributed by atoms with E-state index in [0.29, 0.717) is 23.7 Å². The van der Waals surface area contributed by atoms with Crippen molar-refractivity contribution in [2.45, 2.75) is 53.1 Å². The van der Waals surface area contributed by atoms with Crippen LogP contribution in [0.3, 0.4) is 0 Å². The molecule has 0 bridgehead atoms. The lowest BCUT2D eigenvalue weighted by molar-refractivity contribution is -0.137. The summed E-state index contributed by atoms with van der Waals surface area (Å²) in [5, 5.41) is 17.7. The van der Waals surface area contributed by atoms with Gasteiger partial charge in [-0.2, -0.15) is 0 Å². The van der Waals surface area contributed by atoms with Crippen LogP contribution in [0.5, 0.6) is 0 Å². The molecule has 2 aromatic carbocycles. The fourth-order valence-electron chi connectivity index (χ4n) is 3.92. The Balaban J connectivity index is 1.62. The summed E-state index contributed by atoms with van der Waals surface area (Å²) < 4.78 is 1.49. The highest BCUT2D eigenvalue weighted by molar-refractivity contribution is 6.00. The first-order chi connectivity index (χ1) is 17.1. The molecule has 0 saturated carbocycles. The number of para-hydroxylation sites is 1. The largest absolute Gasteiger partial charge is 0.480 e. The number of anilines is 2. The van der Waals surface area contributed by atoms with E-state index in [9.17, 15) is 14.4 Å². The molecule has 1 unspecified atom stereocenters. The van der Waals surface area contributed by atoms with E-state index in [1.165, 1.54) is 10.9 Å². The maximum atomic E-state index is 12.9. The molecular weight excluding hydrogens is 458 g/mol. The summed E-state index contributed by atoms with van der Waals surface area (Å²) in [7, 11) is 0. The minimum absolute atomic E-state index is 0.161. The SMILES string of the molecule is Cc1ccccc1NC(=O)Nc1ccc(CC(=O)NC(CC(C)C)c2cn(CC(=O)O)cn2)cc1C. The number of urea groups is 1.